The van der Waals surface area contributed by atoms with Crippen LogP contribution in [0.25, 0.3) is 0 Å². The number of allylic oxidation sites excluding steroid dienone is 2. The van der Waals surface area contributed by atoms with Crippen molar-refractivity contribution < 1.29 is 16.8 Å². The molecule has 1 aliphatic carbocycles. The van der Waals surface area contributed by atoms with Crippen molar-refractivity contribution >= 4 is 5.69 Å². The van der Waals surface area contributed by atoms with Crippen LogP contribution in [0.1, 0.15) is 32.1 Å². The number of hydrogen-bond acceptors (Lipinski definition) is 1. The predicted octanol–water partition coefficient (Wildman–Crippen LogP) is 3.98. The summed E-state index contributed by atoms with van der Waals surface area (Å²) in [5.41, 5.74) is 6.18. The molecule has 0 amide bonds. The fourth-order valence-corrected chi connectivity index (χ4v) is 1.43. The molecule has 0 fully saturated rings. The summed E-state index contributed by atoms with van der Waals surface area (Å²) < 4.78 is 0. The number of hydrogen-bond donors (Lipinski definition) is 1. The van der Waals surface area contributed by atoms with Gasteiger partial charge in [-0.1, -0.05) is 43.2 Å². The van der Waals surface area contributed by atoms with Crippen LogP contribution in [0.15, 0.2) is 42.5 Å². The van der Waals surface area contributed by atoms with Gasteiger partial charge in [0.25, 0.3) is 0 Å². The van der Waals surface area contributed by atoms with E-state index in [1.165, 1.54) is 32.1 Å². The van der Waals surface area contributed by atoms with Crippen LogP contribution < -0.4 is 5.73 Å². The topological polar surface area (TPSA) is 26.0 Å². The minimum absolute atomic E-state index is 0. The predicted molar refractivity (Wildman–Crippen MR) is 67.4 cm³/mol. The maximum Gasteiger partial charge on any atom is 0.0313 e. The van der Waals surface area contributed by atoms with E-state index in [0.717, 1.165) is 5.69 Å². The van der Waals surface area contributed by atoms with Crippen LogP contribution in [0.3, 0.4) is 0 Å². The Morgan fingerprint density at radius 1 is 0.938 bits per heavy atom. The number of nitrogen functional groups attached to an aromatic ring is 1. The second-order valence-electron chi connectivity index (χ2n) is 3.68. The van der Waals surface area contributed by atoms with Crippen LogP contribution >= 0.6 is 0 Å². The zero-order chi connectivity index (χ0) is 10.8. The van der Waals surface area contributed by atoms with Crippen molar-refractivity contribution in [3.8, 4) is 0 Å². The number of benzene rings is 1. The van der Waals surface area contributed by atoms with Gasteiger partial charge < -0.3 is 12.2 Å². The molecular weight excluding hydrogens is 241 g/mol. The van der Waals surface area contributed by atoms with Gasteiger partial charge in [0.1, 0.15) is 0 Å². The maximum atomic E-state index is 5.36. The van der Waals surface area contributed by atoms with E-state index in [0.29, 0.717) is 0 Å². The Labute approximate surface area is 109 Å². The van der Waals surface area contributed by atoms with Gasteiger partial charge in [-0.05, 0) is 18.6 Å². The molecule has 2 N–H and O–H groups in total. The van der Waals surface area contributed by atoms with Crippen LogP contribution in [0.4, 0.5) is 5.69 Å². The van der Waals surface area contributed by atoms with Crippen LogP contribution in [-0.2, 0) is 16.8 Å². The minimum atomic E-state index is 0. The van der Waals surface area contributed by atoms with Crippen molar-refractivity contribution in [2.24, 2.45) is 0 Å². The minimum Gasteiger partial charge on any atom is -0.399 e. The maximum absolute atomic E-state index is 5.36. The molecule has 2 heteroatoms. The number of para-hydroxylation sites is 1. The zero-order valence-corrected chi connectivity index (χ0v) is 10.6. The quantitative estimate of drug-likeness (QED) is 0.426. The first-order chi connectivity index (χ1) is 7.39. The molecule has 0 saturated heterocycles. The molecule has 1 aromatic carbocycles. The monoisotopic (exact) mass is 261 g/mol. The summed E-state index contributed by atoms with van der Waals surface area (Å²) in [4.78, 5) is 0. The second-order valence-corrected chi connectivity index (χ2v) is 3.68. The summed E-state index contributed by atoms with van der Waals surface area (Å²) in [5, 5.41) is 0. The molecule has 1 radical (unpaired) electrons. The fraction of sp³-hybridized carbons (Fsp3) is 0.357. The van der Waals surface area contributed by atoms with Crippen LogP contribution in [0.5, 0.6) is 0 Å². The molecule has 0 unspecified atom stereocenters. The Hall–Kier alpha value is -0.734. The van der Waals surface area contributed by atoms with E-state index in [1.807, 2.05) is 30.3 Å². The van der Waals surface area contributed by atoms with E-state index >= 15 is 0 Å². The van der Waals surface area contributed by atoms with E-state index in [9.17, 15) is 0 Å². The van der Waals surface area contributed by atoms with Crippen molar-refractivity contribution in [3.63, 3.8) is 0 Å². The molecule has 0 atom stereocenters. The van der Waals surface area contributed by atoms with Gasteiger partial charge in [-0.2, -0.15) is 12.8 Å². The Kier molecular flexibility index (Phi) is 10.3. The first-order valence-corrected chi connectivity index (χ1v) is 5.67. The van der Waals surface area contributed by atoms with Crippen molar-refractivity contribution in [2.75, 3.05) is 5.73 Å². The molecular formula is C14H20CoN-. The van der Waals surface area contributed by atoms with Gasteiger partial charge in [-0.15, -0.1) is 0 Å². The van der Waals surface area contributed by atoms with Gasteiger partial charge in [-0.25, -0.2) is 0 Å². The van der Waals surface area contributed by atoms with E-state index < -0.39 is 0 Å². The second kappa shape index (κ2) is 10.8. The smallest absolute Gasteiger partial charge is 0.0313 e. The number of rotatable bonds is 0. The largest absolute Gasteiger partial charge is 0.399 e. The average molecular weight is 261 g/mol. The molecule has 0 saturated carbocycles. The van der Waals surface area contributed by atoms with Crippen molar-refractivity contribution in [1.29, 1.82) is 0 Å². The molecule has 91 valence electrons. The van der Waals surface area contributed by atoms with Crippen molar-refractivity contribution in [1.82, 2.24) is 0 Å². The molecule has 0 bridgehead atoms. The van der Waals surface area contributed by atoms with Gasteiger partial charge in [0.2, 0.25) is 0 Å². The van der Waals surface area contributed by atoms with Gasteiger partial charge in [0.15, 0.2) is 0 Å². The van der Waals surface area contributed by atoms with E-state index in [-0.39, 0.29) is 16.8 Å². The van der Waals surface area contributed by atoms with Gasteiger partial charge >= 0.3 is 0 Å². The Balaban J connectivity index is 0.000000267. The molecule has 0 heterocycles. The molecule has 1 aromatic rings. The van der Waals surface area contributed by atoms with E-state index in [2.05, 4.69) is 18.6 Å². The summed E-state index contributed by atoms with van der Waals surface area (Å²) >= 11 is 0. The fourth-order valence-electron chi connectivity index (χ4n) is 1.43. The van der Waals surface area contributed by atoms with Crippen LogP contribution in [-0.4, -0.2) is 0 Å². The zero-order valence-electron chi connectivity index (χ0n) is 9.57. The third-order valence-electron chi connectivity index (χ3n) is 2.28. The van der Waals surface area contributed by atoms with Crippen LogP contribution in [0.2, 0.25) is 0 Å². The Morgan fingerprint density at radius 2 is 1.62 bits per heavy atom. The molecule has 2 rings (SSSR count). The molecule has 16 heavy (non-hydrogen) atoms. The summed E-state index contributed by atoms with van der Waals surface area (Å²) in [7, 11) is 0. The normalized spacial score (nSPS) is 16.8. The van der Waals surface area contributed by atoms with Gasteiger partial charge in [-0.3, -0.25) is 0 Å². The Morgan fingerprint density at radius 3 is 2.25 bits per heavy atom. The van der Waals surface area contributed by atoms with E-state index in [4.69, 9.17) is 5.73 Å². The molecule has 1 aliphatic rings. The first kappa shape index (κ1) is 15.3. The van der Waals surface area contributed by atoms with Gasteiger partial charge in [0.05, 0.1) is 0 Å². The van der Waals surface area contributed by atoms with Gasteiger partial charge in [0, 0.05) is 22.5 Å². The van der Waals surface area contributed by atoms with Crippen molar-refractivity contribution in [3.05, 3.63) is 48.9 Å². The summed E-state index contributed by atoms with van der Waals surface area (Å²) in [6.45, 7) is 0. The molecule has 1 nitrogen and oxygen atoms in total. The molecule has 0 spiro atoms. The van der Waals surface area contributed by atoms with Crippen LogP contribution in [0, 0.1) is 6.42 Å². The number of anilines is 1. The Bertz CT molecular complexity index is 259. The average Bonchev–Trinajstić information content (AvgIpc) is 2.18. The summed E-state index contributed by atoms with van der Waals surface area (Å²) in [5.74, 6) is 0. The third kappa shape index (κ3) is 8.56. The van der Waals surface area contributed by atoms with E-state index in [1.54, 1.807) is 0 Å². The third-order valence-corrected chi connectivity index (χ3v) is 2.28. The first-order valence-electron chi connectivity index (χ1n) is 5.67. The van der Waals surface area contributed by atoms with Crippen molar-refractivity contribution in [2.45, 2.75) is 32.1 Å². The standard InChI is InChI=1S/C8H13.C6H7N.Co/c1-2-4-6-8-7-5-3-1;7-6-4-2-1-3-5-6;/h1-2,7H,3-6,8H2;1-5H,7H2;/q-1;;/b2-1-;;. The molecule has 0 aliphatic heterocycles. The molecule has 0 aromatic heterocycles. The number of nitrogens with two attached hydrogens (primary N) is 1. The summed E-state index contributed by atoms with van der Waals surface area (Å²) in [6.07, 6.45) is 13.5. The SMILES string of the molecule is C1=C\CCC[CH-]CC/1.Nc1ccccc1.[Co]. The summed E-state index contributed by atoms with van der Waals surface area (Å²) in [6, 6.07) is 9.49.